The molecule has 2 amide bonds. The maximum absolute atomic E-state index is 12.0. The number of carbonyl (C=O) groups is 2. The zero-order valence-corrected chi connectivity index (χ0v) is 11.4. The third-order valence-electron chi connectivity index (χ3n) is 2.90. The molecule has 0 unspecified atom stereocenters. The van der Waals surface area contributed by atoms with Gasteiger partial charge in [0.15, 0.2) is 0 Å². The minimum atomic E-state index is -1.10. The topological polar surface area (TPSA) is 127 Å². The molecule has 21 heavy (non-hydrogen) atoms. The average Bonchev–Trinajstić information content (AvgIpc) is 3.10. The van der Waals surface area contributed by atoms with E-state index in [4.69, 9.17) is 0 Å². The van der Waals surface area contributed by atoms with Gasteiger partial charge >= 0.3 is 12.0 Å². The number of H-pyrrole nitrogens is 2. The second kappa shape index (κ2) is 6.55. The molecular formula is C12H16N6O3. The molecule has 0 saturated carbocycles. The molecule has 1 atom stereocenters. The summed E-state index contributed by atoms with van der Waals surface area (Å²) in [5.74, 6) is -1.10. The van der Waals surface area contributed by atoms with Gasteiger partial charge in [-0.15, -0.1) is 0 Å². The number of carboxylic acid groups (broad SMARTS) is 1. The molecule has 0 spiro atoms. The van der Waals surface area contributed by atoms with Crippen LogP contribution in [0.1, 0.15) is 11.3 Å². The van der Waals surface area contributed by atoms with E-state index in [9.17, 15) is 14.7 Å². The molecule has 0 fully saturated rings. The van der Waals surface area contributed by atoms with Gasteiger partial charge in [-0.2, -0.15) is 5.10 Å². The van der Waals surface area contributed by atoms with Crippen molar-refractivity contribution in [3.63, 3.8) is 0 Å². The molecule has 2 aromatic rings. The highest BCUT2D eigenvalue weighted by atomic mass is 16.4. The van der Waals surface area contributed by atoms with Crippen LogP contribution in [0, 0.1) is 0 Å². The summed E-state index contributed by atoms with van der Waals surface area (Å²) in [5.41, 5.74) is 1.47. The fraction of sp³-hybridized carbons (Fsp3) is 0.333. The Hall–Kier alpha value is -2.84. The van der Waals surface area contributed by atoms with Gasteiger partial charge in [0.2, 0.25) is 0 Å². The molecule has 2 aromatic heterocycles. The summed E-state index contributed by atoms with van der Waals surface area (Å²) in [6, 6.07) is -1.49. The second-order valence-electron chi connectivity index (χ2n) is 4.58. The van der Waals surface area contributed by atoms with Gasteiger partial charge in [-0.05, 0) is 0 Å². The van der Waals surface area contributed by atoms with Crippen LogP contribution in [0.4, 0.5) is 4.79 Å². The highest BCUT2D eigenvalue weighted by Gasteiger charge is 2.22. The van der Waals surface area contributed by atoms with Gasteiger partial charge in [0.05, 0.1) is 19.1 Å². The Labute approximate surface area is 120 Å². The number of nitrogens with one attached hydrogen (secondary N) is 3. The molecular weight excluding hydrogens is 276 g/mol. The van der Waals surface area contributed by atoms with Gasteiger partial charge in [-0.3, -0.25) is 5.10 Å². The third-order valence-corrected chi connectivity index (χ3v) is 2.90. The lowest BCUT2D eigenvalue weighted by molar-refractivity contribution is -0.139. The van der Waals surface area contributed by atoms with Crippen molar-refractivity contribution in [3.05, 3.63) is 36.2 Å². The number of hydrogen-bond donors (Lipinski definition) is 4. The maximum atomic E-state index is 12.0. The van der Waals surface area contributed by atoms with E-state index in [0.717, 1.165) is 5.56 Å². The van der Waals surface area contributed by atoms with Crippen molar-refractivity contribution in [2.45, 2.75) is 19.0 Å². The van der Waals surface area contributed by atoms with Crippen molar-refractivity contribution >= 4 is 12.0 Å². The van der Waals surface area contributed by atoms with Crippen LogP contribution in [-0.4, -0.2) is 55.3 Å². The van der Waals surface area contributed by atoms with E-state index in [0.29, 0.717) is 12.2 Å². The van der Waals surface area contributed by atoms with Gasteiger partial charge in [0.25, 0.3) is 0 Å². The first-order valence-electron chi connectivity index (χ1n) is 6.25. The summed E-state index contributed by atoms with van der Waals surface area (Å²) in [5, 5.41) is 18.1. The van der Waals surface area contributed by atoms with Crippen LogP contribution in [0.2, 0.25) is 0 Å². The van der Waals surface area contributed by atoms with E-state index in [1.165, 1.54) is 17.4 Å². The summed E-state index contributed by atoms with van der Waals surface area (Å²) >= 11 is 0. The minimum Gasteiger partial charge on any atom is -0.480 e. The monoisotopic (exact) mass is 292 g/mol. The Bertz CT molecular complexity index is 580. The van der Waals surface area contributed by atoms with E-state index in [1.807, 2.05) is 0 Å². The molecule has 0 aliphatic heterocycles. The van der Waals surface area contributed by atoms with Crippen molar-refractivity contribution < 1.29 is 14.7 Å². The largest absolute Gasteiger partial charge is 0.480 e. The number of aliphatic carboxylic acids is 1. The number of nitrogens with zero attached hydrogens (tertiary/aromatic N) is 3. The molecule has 0 aliphatic carbocycles. The summed E-state index contributed by atoms with van der Waals surface area (Å²) in [6.45, 7) is 0.332. The predicted molar refractivity (Wildman–Crippen MR) is 72.3 cm³/mol. The summed E-state index contributed by atoms with van der Waals surface area (Å²) in [4.78, 5) is 31.2. The third kappa shape index (κ3) is 4.06. The fourth-order valence-corrected chi connectivity index (χ4v) is 1.79. The molecule has 0 aromatic carbocycles. The molecule has 0 saturated heterocycles. The van der Waals surface area contributed by atoms with Crippen molar-refractivity contribution in [3.8, 4) is 0 Å². The molecule has 2 heterocycles. The van der Waals surface area contributed by atoms with Gasteiger partial charge in [-0.1, -0.05) is 0 Å². The number of aromatic nitrogens is 4. The van der Waals surface area contributed by atoms with Gasteiger partial charge < -0.3 is 20.3 Å². The van der Waals surface area contributed by atoms with Crippen LogP contribution in [0.25, 0.3) is 0 Å². The fourth-order valence-electron chi connectivity index (χ4n) is 1.79. The number of amides is 2. The molecule has 0 bridgehead atoms. The Kier molecular flexibility index (Phi) is 4.54. The number of carboxylic acids is 1. The highest BCUT2D eigenvalue weighted by molar-refractivity contribution is 5.82. The number of carbonyl (C=O) groups excluding carboxylic acids is 1. The molecule has 4 N–H and O–H groups in total. The lowest BCUT2D eigenvalue weighted by Gasteiger charge is -2.20. The standard InChI is InChI=1S/C12H16N6O3/c1-18(6-8-3-15-16-4-8)12(21)17-10(11(19)20)2-9-5-13-7-14-9/h3-5,7,10H,2,6H2,1H3,(H,13,14)(H,15,16)(H,17,21)(H,19,20)/t10-/m0/s1. The van der Waals surface area contributed by atoms with Crippen LogP contribution in [0.5, 0.6) is 0 Å². The minimum absolute atomic E-state index is 0.140. The highest BCUT2D eigenvalue weighted by Crippen LogP contribution is 2.03. The summed E-state index contributed by atoms with van der Waals surface area (Å²) in [6.07, 6.45) is 6.39. The molecule has 112 valence electrons. The van der Waals surface area contributed by atoms with Crippen molar-refractivity contribution in [1.82, 2.24) is 30.4 Å². The number of hydrogen-bond acceptors (Lipinski definition) is 4. The van der Waals surface area contributed by atoms with E-state index < -0.39 is 18.0 Å². The summed E-state index contributed by atoms with van der Waals surface area (Å²) < 4.78 is 0. The van der Waals surface area contributed by atoms with Gasteiger partial charge in [0.1, 0.15) is 6.04 Å². The van der Waals surface area contributed by atoms with Gasteiger partial charge in [0, 0.05) is 37.1 Å². The van der Waals surface area contributed by atoms with Crippen LogP contribution in [0.15, 0.2) is 24.9 Å². The van der Waals surface area contributed by atoms with E-state index in [2.05, 4.69) is 25.5 Å². The molecule has 9 heteroatoms. The normalized spacial score (nSPS) is 11.9. The Balaban J connectivity index is 1.92. The van der Waals surface area contributed by atoms with E-state index in [-0.39, 0.29) is 6.42 Å². The van der Waals surface area contributed by atoms with Crippen LogP contribution < -0.4 is 5.32 Å². The van der Waals surface area contributed by atoms with Crippen molar-refractivity contribution in [2.24, 2.45) is 0 Å². The Morgan fingerprint density at radius 2 is 2.29 bits per heavy atom. The van der Waals surface area contributed by atoms with Crippen LogP contribution >= 0.6 is 0 Å². The number of urea groups is 1. The quantitative estimate of drug-likeness (QED) is 0.594. The number of imidazole rings is 1. The van der Waals surface area contributed by atoms with Crippen LogP contribution in [-0.2, 0) is 17.8 Å². The zero-order valence-electron chi connectivity index (χ0n) is 11.4. The number of rotatable bonds is 6. The lowest BCUT2D eigenvalue weighted by Crippen LogP contribution is -2.47. The first-order valence-corrected chi connectivity index (χ1v) is 6.25. The lowest BCUT2D eigenvalue weighted by atomic mass is 10.1. The zero-order chi connectivity index (χ0) is 15.2. The van der Waals surface area contributed by atoms with E-state index >= 15 is 0 Å². The maximum Gasteiger partial charge on any atom is 0.326 e. The van der Waals surface area contributed by atoms with Gasteiger partial charge in [-0.25, -0.2) is 14.6 Å². The Morgan fingerprint density at radius 1 is 1.48 bits per heavy atom. The smallest absolute Gasteiger partial charge is 0.326 e. The molecule has 0 aliphatic rings. The van der Waals surface area contributed by atoms with Crippen molar-refractivity contribution in [1.29, 1.82) is 0 Å². The average molecular weight is 292 g/mol. The molecule has 9 nitrogen and oxygen atoms in total. The number of aromatic amines is 2. The first kappa shape index (κ1) is 14.6. The SMILES string of the molecule is CN(Cc1cn[nH]c1)C(=O)N[C@@H](Cc1cnc[nH]1)C(=O)O. The predicted octanol–water partition coefficient (Wildman–Crippen LogP) is -0.0299. The molecule has 0 radical (unpaired) electrons. The molecule has 2 rings (SSSR count). The Morgan fingerprint density at radius 3 is 2.86 bits per heavy atom. The summed E-state index contributed by atoms with van der Waals surface area (Å²) in [7, 11) is 1.58. The van der Waals surface area contributed by atoms with Crippen molar-refractivity contribution in [2.75, 3.05) is 7.05 Å². The van der Waals surface area contributed by atoms with Crippen LogP contribution in [0.3, 0.4) is 0 Å². The first-order chi connectivity index (χ1) is 10.1. The van der Waals surface area contributed by atoms with E-state index in [1.54, 1.807) is 19.4 Å². The second-order valence-corrected chi connectivity index (χ2v) is 4.58.